The highest BCUT2D eigenvalue weighted by atomic mass is 16.7. The van der Waals surface area contributed by atoms with Gasteiger partial charge in [0.1, 0.15) is 5.75 Å². The molecule has 3 nitrogen and oxygen atoms in total. The van der Waals surface area contributed by atoms with Crippen LogP contribution in [0.5, 0.6) is 5.75 Å². The van der Waals surface area contributed by atoms with Crippen LogP contribution in [-0.4, -0.2) is 11.9 Å². The molecule has 1 N–H and O–H groups in total. The highest BCUT2D eigenvalue weighted by molar-refractivity contribution is 5.36. The first kappa shape index (κ1) is 14.6. The van der Waals surface area contributed by atoms with E-state index in [1.807, 2.05) is 55.5 Å². The van der Waals surface area contributed by atoms with Crippen LogP contribution >= 0.6 is 0 Å². The van der Waals surface area contributed by atoms with Crippen LogP contribution in [0, 0.1) is 6.92 Å². The maximum absolute atomic E-state index is 9.51. The van der Waals surface area contributed by atoms with E-state index in [0.717, 1.165) is 22.4 Å². The number of aliphatic hydroxyl groups is 1. The van der Waals surface area contributed by atoms with E-state index in [9.17, 15) is 5.11 Å². The molecule has 0 amide bonds. The molecule has 0 aliphatic carbocycles. The first-order chi connectivity index (χ1) is 9.66. The maximum atomic E-state index is 9.51. The van der Waals surface area contributed by atoms with Crippen LogP contribution in [0.15, 0.2) is 48.5 Å². The Hall–Kier alpha value is -1.84. The summed E-state index contributed by atoms with van der Waals surface area (Å²) in [6.07, 6.45) is -0.461. The van der Waals surface area contributed by atoms with Gasteiger partial charge < -0.3 is 14.6 Å². The molecule has 0 bridgehead atoms. The van der Waals surface area contributed by atoms with E-state index in [-0.39, 0.29) is 6.79 Å². The van der Waals surface area contributed by atoms with E-state index < -0.39 is 6.10 Å². The first-order valence-electron chi connectivity index (χ1n) is 6.70. The van der Waals surface area contributed by atoms with Crippen molar-refractivity contribution in [2.45, 2.75) is 26.6 Å². The van der Waals surface area contributed by atoms with Gasteiger partial charge in [0.05, 0.1) is 12.7 Å². The van der Waals surface area contributed by atoms with E-state index in [1.165, 1.54) is 0 Å². The second-order valence-electron chi connectivity index (χ2n) is 4.80. The monoisotopic (exact) mass is 272 g/mol. The Morgan fingerprint density at radius 3 is 2.50 bits per heavy atom. The Balaban J connectivity index is 1.82. The van der Waals surface area contributed by atoms with Gasteiger partial charge in [0, 0.05) is 0 Å². The van der Waals surface area contributed by atoms with Crippen molar-refractivity contribution < 1.29 is 14.6 Å². The molecule has 106 valence electrons. The summed E-state index contributed by atoms with van der Waals surface area (Å²) in [4.78, 5) is 0. The van der Waals surface area contributed by atoms with Crippen molar-refractivity contribution in [3.05, 3.63) is 65.2 Å². The van der Waals surface area contributed by atoms with Gasteiger partial charge in [0.15, 0.2) is 6.79 Å². The summed E-state index contributed by atoms with van der Waals surface area (Å²) in [7, 11) is 0. The van der Waals surface area contributed by atoms with Crippen LogP contribution in [0.4, 0.5) is 0 Å². The van der Waals surface area contributed by atoms with Crippen LogP contribution < -0.4 is 4.74 Å². The number of ether oxygens (including phenoxy) is 2. The highest BCUT2D eigenvalue weighted by Gasteiger charge is 2.05. The molecular formula is C17H20O3. The first-order valence-corrected chi connectivity index (χ1v) is 6.70. The van der Waals surface area contributed by atoms with Crippen molar-refractivity contribution >= 4 is 0 Å². The molecule has 0 aliphatic heterocycles. The zero-order valence-electron chi connectivity index (χ0n) is 11.9. The molecule has 0 heterocycles. The summed E-state index contributed by atoms with van der Waals surface area (Å²) in [6.45, 7) is 4.45. The molecule has 1 atom stereocenters. The van der Waals surface area contributed by atoms with Crippen molar-refractivity contribution in [1.29, 1.82) is 0 Å². The summed E-state index contributed by atoms with van der Waals surface area (Å²) >= 11 is 0. The molecule has 0 saturated heterocycles. The van der Waals surface area contributed by atoms with Gasteiger partial charge >= 0.3 is 0 Å². The van der Waals surface area contributed by atoms with Crippen molar-refractivity contribution in [3.8, 4) is 5.75 Å². The number of aliphatic hydroxyl groups excluding tert-OH is 1. The minimum absolute atomic E-state index is 0.212. The molecule has 2 aromatic rings. The van der Waals surface area contributed by atoms with Gasteiger partial charge in [-0.3, -0.25) is 0 Å². The number of rotatable bonds is 6. The minimum atomic E-state index is -0.461. The molecule has 0 radical (unpaired) electrons. The molecule has 0 saturated carbocycles. The summed E-state index contributed by atoms with van der Waals surface area (Å²) < 4.78 is 11.1. The second kappa shape index (κ2) is 7.08. The molecule has 0 aromatic heterocycles. The van der Waals surface area contributed by atoms with Crippen molar-refractivity contribution in [1.82, 2.24) is 0 Å². The highest BCUT2D eigenvalue weighted by Crippen LogP contribution is 2.22. The quantitative estimate of drug-likeness (QED) is 0.645. The van der Waals surface area contributed by atoms with Crippen LogP contribution in [0.1, 0.15) is 29.7 Å². The van der Waals surface area contributed by atoms with Crippen LogP contribution in [0.25, 0.3) is 0 Å². The lowest BCUT2D eigenvalue weighted by molar-refractivity contribution is 0.00465. The smallest absolute Gasteiger partial charge is 0.189 e. The third kappa shape index (κ3) is 4.08. The third-order valence-electron chi connectivity index (χ3n) is 3.09. The van der Waals surface area contributed by atoms with Crippen LogP contribution in [0.2, 0.25) is 0 Å². The molecular weight excluding hydrogens is 252 g/mol. The lowest BCUT2D eigenvalue weighted by Gasteiger charge is -2.12. The Kier molecular flexibility index (Phi) is 5.16. The van der Waals surface area contributed by atoms with Gasteiger partial charge in [-0.2, -0.15) is 0 Å². The maximum Gasteiger partial charge on any atom is 0.189 e. The third-order valence-corrected chi connectivity index (χ3v) is 3.09. The number of hydrogen-bond acceptors (Lipinski definition) is 3. The normalized spacial score (nSPS) is 12.2. The fraction of sp³-hybridized carbons (Fsp3) is 0.294. The number of benzene rings is 2. The van der Waals surface area contributed by atoms with Crippen molar-refractivity contribution in [2.24, 2.45) is 0 Å². The average molecular weight is 272 g/mol. The summed E-state index contributed by atoms with van der Waals surface area (Å²) in [5.41, 5.74) is 3.00. The summed E-state index contributed by atoms with van der Waals surface area (Å²) in [6, 6.07) is 15.6. The van der Waals surface area contributed by atoms with Gasteiger partial charge in [-0.05, 0) is 42.7 Å². The van der Waals surface area contributed by atoms with Gasteiger partial charge in [-0.15, -0.1) is 0 Å². The lowest BCUT2D eigenvalue weighted by atomic mass is 10.1. The van der Waals surface area contributed by atoms with Crippen molar-refractivity contribution in [2.75, 3.05) is 6.79 Å². The molecule has 3 heteroatoms. The van der Waals surface area contributed by atoms with E-state index in [0.29, 0.717) is 6.61 Å². The Morgan fingerprint density at radius 1 is 1.10 bits per heavy atom. The van der Waals surface area contributed by atoms with E-state index in [1.54, 1.807) is 6.92 Å². The van der Waals surface area contributed by atoms with Gasteiger partial charge in [-0.1, -0.05) is 36.4 Å². The van der Waals surface area contributed by atoms with Crippen molar-refractivity contribution in [3.63, 3.8) is 0 Å². The number of aryl methyl sites for hydroxylation is 1. The largest absolute Gasteiger partial charge is 0.467 e. The fourth-order valence-corrected chi connectivity index (χ4v) is 1.93. The van der Waals surface area contributed by atoms with Gasteiger partial charge in [-0.25, -0.2) is 0 Å². The topological polar surface area (TPSA) is 38.7 Å². The number of hydrogen-bond donors (Lipinski definition) is 1. The molecule has 20 heavy (non-hydrogen) atoms. The Bertz CT molecular complexity index is 535. The zero-order chi connectivity index (χ0) is 14.4. The van der Waals surface area contributed by atoms with E-state index in [2.05, 4.69) is 0 Å². The minimum Gasteiger partial charge on any atom is -0.467 e. The molecule has 0 spiro atoms. The molecule has 2 rings (SSSR count). The second-order valence-corrected chi connectivity index (χ2v) is 4.80. The Labute approximate surface area is 119 Å². The van der Waals surface area contributed by atoms with Crippen LogP contribution in [0.3, 0.4) is 0 Å². The molecule has 1 unspecified atom stereocenters. The van der Waals surface area contributed by atoms with Crippen LogP contribution in [-0.2, 0) is 11.3 Å². The predicted molar refractivity (Wildman–Crippen MR) is 78.5 cm³/mol. The van der Waals surface area contributed by atoms with Gasteiger partial charge in [0.2, 0.25) is 0 Å². The SMILES string of the molecule is Cc1cc(C(C)O)ccc1OCOCc1ccccc1. The fourth-order valence-electron chi connectivity index (χ4n) is 1.93. The summed E-state index contributed by atoms with van der Waals surface area (Å²) in [5.74, 6) is 0.780. The Morgan fingerprint density at radius 2 is 1.85 bits per heavy atom. The molecule has 0 aliphatic rings. The summed E-state index contributed by atoms with van der Waals surface area (Å²) in [5, 5.41) is 9.51. The molecule has 2 aromatic carbocycles. The van der Waals surface area contributed by atoms with E-state index in [4.69, 9.17) is 9.47 Å². The van der Waals surface area contributed by atoms with Gasteiger partial charge in [0.25, 0.3) is 0 Å². The predicted octanol–water partition coefficient (Wildman–Crippen LogP) is 3.60. The molecule has 0 fully saturated rings. The standard InChI is InChI=1S/C17H20O3/c1-13-10-16(14(2)18)8-9-17(13)20-12-19-11-15-6-4-3-5-7-15/h3-10,14,18H,11-12H2,1-2H3. The lowest BCUT2D eigenvalue weighted by Crippen LogP contribution is -2.04. The zero-order valence-corrected chi connectivity index (χ0v) is 11.9. The average Bonchev–Trinajstić information content (AvgIpc) is 2.46. The van der Waals surface area contributed by atoms with E-state index >= 15 is 0 Å².